The largest absolute Gasteiger partial charge is 0.453 e. The number of aryl methyl sites for hydroxylation is 1. The smallest absolute Gasteiger partial charge is 0.409 e. The molecular weight excluding hydrogens is 326 g/mol. The van der Waals surface area contributed by atoms with Gasteiger partial charge in [-0.2, -0.15) is 0 Å². The minimum atomic E-state index is -0.304. The maximum atomic E-state index is 12.2. The number of nitrogens with zero attached hydrogens (tertiary/aromatic N) is 2. The number of carbonyl (C=O) groups excluding carboxylic acids is 2. The maximum absolute atomic E-state index is 12.2. The standard InChI is InChI=1S/C13H18BrN3O3/c1-16-8-9(14)7-11(16)12(18)15-10-3-5-17(6-4-10)13(19)20-2/h7-8,10H,3-6H2,1-2H3,(H,15,18). The first-order chi connectivity index (χ1) is 9.51. The van der Waals surface area contributed by atoms with Crippen LogP contribution in [0.25, 0.3) is 0 Å². The fraction of sp³-hybridized carbons (Fsp3) is 0.538. The molecule has 0 spiro atoms. The Morgan fingerprint density at radius 3 is 2.55 bits per heavy atom. The van der Waals surface area contributed by atoms with Crippen LogP contribution in [0.15, 0.2) is 16.7 Å². The SMILES string of the molecule is COC(=O)N1CCC(NC(=O)c2cc(Br)cn2C)CC1. The topological polar surface area (TPSA) is 63.6 Å². The first-order valence-corrected chi connectivity index (χ1v) is 7.26. The van der Waals surface area contributed by atoms with E-state index in [-0.39, 0.29) is 18.0 Å². The zero-order valence-corrected chi connectivity index (χ0v) is 13.1. The summed E-state index contributed by atoms with van der Waals surface area (Å²) in [6, 6.07) is 1.89. The number of ether oxygens (including phenoxy) is 1. The van der Waals surface area contributed by atoms with Gasteiger partial charge in [0, 0.05) is 36.8 Å². The average molecular weight is 344 g/mol. The van der Waals surface area contributed by atoms with E-state index in [0.29, 0.717) is 18.8 Å². The Bertz CT molecular complexity index is 507. The first-order valence-electron chi connectivity index (χ1n) is 6.47. The molecular formula is C13H18BrN3O3. The van der Waals surface area contributed by atoms with E-state index in [1.165, 1.54) is 7.11 Å². The Balaban J connectivity index is 1.88. The minimum Gasteiger partial charge on any atom is -0.453 e. The van der Waals surface area contributed by atoms with Gasteiger partial charge in [-0.3, -0.25) is 4.79 Å². The molecule has 0 bridgehead atoms. The number of aromatic nitrogens is 1. The number of likely N-dealkylation sites (tertiary alicyclic amines) is 1. The van der Waals surface area contributed by atoms with Gasteiger partial charge in [-0.1, -0.05) is 0 Å². The van der Waals surface area contributed by atoms with Gasteiger partial charge in [0.25, 0.3) is 5.91 Å². The van der Waals surface area contributed by atoms with Crippen LogP contribution in [-0.4, -0.2) is 47.7 Å². The molecule has 1 fully saturated rings. The lowest BCUT2D eigenvalue weighted by molar-refractivity contribution is 0.0885. The molecule has 0 radical (unpaired) electrons. The van der Waals surface area contributed by atoms with Gasteiger partial charge in [-0.15, -0.1) is 0 Å². The summed E-state index contributed by atoms with van der Waals surface area (Å²) in [6.07, 6.45) is 3.02. The van der Waals surface area contributed by atoms with Crippen molar-refractivity contribution in [2.75, 3.05) is 20.2 Å². The predicted octanol–water partition coefficient (Wildman–Crippen LogP) is 1.75. The number of hydrogen-bond acceptors (Lipinski definition) is 3. The molecule has 0 aliphatic carbocycles. The summed E-state index contributed by atoms with van der Waals surface area (Å²) in [4.78, 5) is 25.2. The lowest BCUT2D eigenvalue weighted by Gasteiger charge is -2.31. The molecule has 110 valence electrons. The zero-order valence-electron chi connectivity index (χ0n) is 11.6. The van der Waals surface area contributed by atoms with Crippen LogP contribution in [0.3, 0.4) is 0 Å². The summed E-state index contributed by atoms with van der Waals surface area (Å²) < 4.78 is 7.35. The number of piperidine rings is 1. The highest BCUT2D eigenvalue weighted by molar-refractivity contribution is 9.10. The van der Waals surface area contributed by atoms with Crippen molar-refractivity contribution in [3.63, 3.8) is 0 Å². The van der Waals surface area contributed by atoms with Gasteiger partial charge < -0.3 is 19.5 Å². The third-order valence-electron chi connectivity index (χ3n) is 3.47. The number of nitrogens with one attached hydrogen (secondary N) is 1. The Labute approximate surface area is 126 Å². The fourth-order valence-corrected chi connectivity index (χ4v) is 2.87. The van der Waals surface area contributed by atoms with Crippen molar-refractivity contribution in [2.24, 2.45) is 7.05 Å². The summed E-state index contributed by atoms with van der Waals surface area (Å²) in [7, 11) is 3.21. The molecule has 1 aromatic rings. The number of amides is 2. The molecule has 7 heteroatoms. The van der Waals surface area contributed by atoms with Crippen molar-refractivity contribution in [3.05, 3.63) is 22.4 Å². The van der Waals surface area contributed by atoms with Crippen LogP contribution in [0.1, 0.15) is 23.3 Å². The van der Waals surface area contributed by atoms with Gasteiger partial charge in [0.15, 0.2) is 0 Å². The van der Waals surface area contributed by atoms with E-state index in [1.54, 1.807) is 15.5 Å². The molecule has 6 nitrogen and oxygen atoms in total. The van der Waals surface area contributed by atoms with Crippen molar-refractivity contribution >= 4 is 27.9 Å². The third-order valence-corrected chi connectivity index (χ3v) is 3.90. The van der Waals surface area contributed by atoms with Crippen LogP contribution in [-0.2, 0) is 11.8 Å². The second-order valence-electron chi connectivity index (χ2n) is 4.86. The van der Waals surface area contributed by atoms with Gasteiger partial charge in [-0.05, 0) is 34.8 Å². The number of rotatable bonds is 2. The highest BCUT2D eigenvalue weighted by Crippen LogP contribution is 2.15. The van der Waals surface area contributed by atoms with Gasteiger partial charge >= 0.3 is 6.09 Å². The van der Waals surface area contributed by atoms with Gasteiger partial charge in [0.1, 0.15) is 5.69 Å². The first kappa shape index (κ1) is 14.9. The van der Waals surface area contributed by atoms with Crippen LogP contribution < -0.4 is 5.32 Å². The summed E-state index contributed by atoms with van der Waals surface area (Å²) >= 11 is 3.35. The Morgan fingerprint density at radius 1 is 1.40 bits per heavy atom. The molecule has 0 saturated carbocycles. The second kappa shape index (κ2) is 6.30. The van der Waals surface area contributed by atoms with Crippen molar-refractivity contribution in [1.82, 2.24) is 14.8 Å². The van der Waals surface area contributed by atoms with E-state index >= 15 is 0 Å². The normalized spacial score (nSPS) is 16.1. The molecule has 0 unspecified atom stereocenters. The molecule has 0 aromatic carbocycles. The molecule has 1 N–H and O–H groups in total. The van der Waals surface area contributed by atoms with E-state index in [0.717, 1.165) is 17.3 Å². The van der Waals surface area contributed by atoms with Crippen LogP contribution in [0.4, 0.5) is 4.79 Å². The lowest BCUT2D eigenvalue weighted by atomic mass is 10.1. The zero-order chi connectivity index (χ0) is 14.7. The van der Waals surface area contributed by atoms with Gasteiger partial charge in [-0.25, -0.2) is 4.79 Å². The van der Waals surface area contributed by atoms with E-state index in [1.807, 2.05) is 13.2 Å². The quantitative estimate of drug-likeness (QED) is 0.889. The number of hydrogen-bond donors (Lipinski definition) is 1. The molecule has 2 amide bonds. The highest BCUT2D eigenvalue weighted by Gasteiger charge is 2.25. The van der Waals surface area contributed by atoms with Crippen molar-refractivity contribution in [3.8, 4) is 0 Å². The molecule has 2 heterocycles. The van der Waals surface area contributed by atoms with Gasteiger partial charge in [0.05, 0.1) is 7.11 Å². The van der Waals surface area contributed by atoms with E-state index in [9.17, 15) is 9.59 Å². The Morgan fingerprint density at radius 2 is 2.05 bits per heavy atom. The minimum absolute atomic E-state index is 0.0882. The van der Waals surface area contributed by atoms with Crippen LogP contribution >= 0.6 is 15.9 Å². The van der Waals surface area contributed by atoms with Gasteiger partial charge in [0.2, 0.25) is 0 Å². The van der Waals surface area contributed by atoms with Crippen LogP contribution in [0, 0.1) is 0 Å². The van der Waals surface area contributed by atoms with E-state index in [2.05, 4.69) is 26.0 Å². The molecule has 20 heavy (non-hydrogen) atoms. The summed E-state index contributed by atoms with van der Waals surface area (Å²) in [5.41, 5.74) is 0.618. The number of halogens is 1. The molecule has 1 saturated heterocycles. The molecule has 1 aliphatic rings. The molecule has 0 atom stereocenters. The van der Waals surface area contributed by atoms with E-state index in [4.69, 9.17) is 0 Å². The van der Waals surface area contributed by atoms with Crippen molar-refractivity contribution < 1.29 is 14.3 Å². The average Bonchev–Trinajstić information content (AvgIpc) is 2.78. The lowest BCUT2D eigenvalue weighted by Crippen LogP contribution is -2.46. The Hall–Kier alpha value is -1.50. The summed E-state index contributed by atoms with van der Waals surface area (Å²) in [5, 5.41) is 3.01. The predicted molar refractivity (Wildman–Crippen MR) is 77.6 cm³/mol. The van der Waals surface area contributed by atoms with Crippen LogP contribution in [0.5, 0.6) is 0 Å². The number of methoxy groups -OCH3 is 1. The summed E-state index contributed by atoms with van der Waals surface area (Å²) in [6.45, 7) is 1.21. The third kappa shape index (κ3) is 3.33. The van der Waals surface area contributed by atoms with Crippen LogP contribution in [0.2, 0.25) is 0 Å². The highest BCUT2D eigenvalue weighted by atomic mass is 79.9. The molecule has 2 rings (SSSR count). The maximum Gasteiger partial charge on any atom is 0.409 e. The number of carbonyl (C=O) groups is 2. The van der Waals surface area contributed by atoms with Crippen molar-refractivity contribution in [1.29, 1.82) is 0 Å². The summed E-state index contributed by atoms with van der Waals surface area (Å²) in [5.74, 6) is -0.0882. The monoisotopic (exact) mass is 343 g/mol. The fourth-order valence-electron chi connectivity index (χ4n) is 2.34. The second-order valence-corrected chi connectivity index (χ2v) is 5.77. The molecule has 1 aliphatic heterocycles. The van der Waals surface area contributed by atoms with Crippen molar-refractivity contribution in [2.45, 2.75) is 18.9 Å². The van der Waals surface area contributed by atoms with E-state index < -0.39 is 0 Å². The Kier molecular flexibility index (Phi) is 4.69. The molecule has 1 aromatic heterocycles.